The second kappa shape index (κ2) is 7.75. The van der Waals surface area contributed by atoms with E-state index >= 15 is 0 Å². The Kier molecular flexibility index (Phi) is 5.99. The first-order valence-corrected chi connectivity index (χ1v) is 7.99. The highest BCUT2D eigenvalue weighted by atomic mass is 16.5. The minimum atomic E-state index is -0.875. The third-order valence-electron chi connectivity index (χ3n) is 4.37. The molecule has 0 bridgehead atoms. The molecule has 2 fully saturated rings. The van der Waals surface area contributed by atoms with Crippen LogP contribution in [-0.2, 0) is 14.3 Å². The van der Waals surface area contributed by atoms with E-state index in [4.69, 9.17) is 4.74 Å². The standard InChI is InChI=1S/C15H26N2O4/c1-2-8-17(13-10-21-9-11(13)15(19)20)14(18)12-6-4-3-5-7-16-12/h11-13,16H,2-10H2,1H3,(H,19,20). The van der Waals surface area contributed by atoms with E-state index in [9.17, 15) is 14.7 Å². The van der Waals surface area contributed by atoms with Gasteiger partial charge in [0.25, 0.3) is 0 Å². The molecular formula is C15H26N2O4. The van der Waals surface area contributed by atoms with E-state index < -0.39 is 11.9 Å². The summed E-state index contributed by atoms with van der Waals surface area (Å²) in [7, 11) is 0. The number of amides is 1. The van der Waals surface area contributed by atoms with Crippen LogP contribution < -0.4 is 5.32 Å². The zero-order valence-electron chi connectivity index (χ0n) is 12.7. The van der Waals surface area contributed by atoms with Crippen LogP contribution in [0.4, 0.5) is 0 Å². The number of nitrogens with zero attached hydrogens (tertiary/aromatic N) is 1. The molecule has 0 aromatic carbocycles. The summed E-state index contributed by atoms with van der Waals surface area (Å²) in [5.74, 6) is -1.44. The number of hydrogen-bond donors (Lipinski definition) is 2. The Morgan fingerprint density at radius 1 is 1.29 bits per heavy atom. The van der Waals surface area contributed by atoms with E-state index in [1.54, 1.807) is 4.90 Å². The molecule has 0 aromatic heterocycles. The average Bonchev–Trinajstić information content (AvgIpc) is 2.79. The average molecular weight is 298 g/mol. The van der Waals surface area contributed by atoms with Crippen LogP contribution in [0.3, 0.4) is 0 Å². The molecule has 6 heteroatoms. The van der Waals surface area contributed by atoms with Gasteiger partial charge in [-0.15, -0.1) is 0 Å². The Morgan fingerprint density at radius 2 is 2.10 bits per heavy atom. The largest absolute Gasteiger partial charge is 0.481 e. The number of carboxylic acid groups (broad SMARTS) is 1. The highest BCUT2D eigenvalue weighted by Crippen LogP contribution is 2.22. The molecule has 2 N–H and O–H groups in total. The second-order valence-electron chi connectivity index (χ2n) is 5.94. The van der Waals surface area contributed by atoms with Crippen LogP contribution in [0.15, 0.2) is 0 Å². The lowest BCUT2D eigenvalue weighted by atomic mass is 10.00. The zero-order chi connectivity index (χ0) is 15.2. The van der Waals surface area contributed by atoms with Crippen molar-refractivity contribution >= 4 is 11.9 Å². The number of aliphatic carboxylic acids is 1. The smallest absolute Gasteiger partial charge is 0.311 e. The molecular weight excluding hydrogens is 272 g/mol. The number of hydrogen-bond acceptors (Lipinski definition) is 4. The fourth-order valence-corrected chi connectivity index (χ4v) is 3.21. The predicted octanol–water partition coefficient (Wildman–Crippen LogP) is 0.857. The molecule has 0 aliphatic carbocycles. The van der Waals surface area contributed by atoms with Gasteiger partial charge in [-0.25, -0.2) is 0 Å². The van der Waals surface area contributed by atoms with Crippen molar-refractivity contribution in [2.75, 3.05) is 26.3 Å². The lowest BCUT2D eigenvalue weighted by Crippen LogP contribution is -2.53. The molecule has 2 saturated heterocycles. The van der Waals surface area contributed by atoms with Gasteiger partial charge in [0.2, 0.25) is 5.91 Å². The van der Waals surface area contributed by atoms with Gasteiger partial charge in [0.1, 0.15) is 5.92 Å². The molecule has 21 heavy (non-hydrogen) atoms. The molecule has 0 radical (unpaired) electrons. The highest BCUT2D eigenvalue weighted by Gasteiger charge is 2.41. The van der Waals surface area contributed by atoms with E-state index in [-0.39, 0.29) is 24.6 Å². The Morgan fingerprint density at radius 3 is 2.81 bits per heavy atom. The first-order valence-electron chi connectivity index (χ1n) is 7.99. The Bertz CT molecular complexity index is 367. The number of carbonyl (C=O) groups is 2. The maximum atomic E-state index is 12.8. The Hall–Kier alpha value is -1.14. The Labute approximate surface area is 125 Å². The molecule has 0 aromatic rings. The van der Waals surface area contributed by atoms with Crippen molar-refractivity contribution in [3.8, 4) is 0 Å². The van der Waals surface area contributed by atoms with Crippen LogP contribution in [0, 0.1) is 5.92 Å². The first-order chi connectivity index (χ1) is 10.1. The highest BCUT2D eigenvalue weighted by molar-refractivity contribution is 5.83. The van der Waals surface area contributed by atoms with Gasteiger partial charge in [-0.2, -0.15) is 0 Å². The van der Waals surface area contributed by atoms with Gasteiger partial charge in [0.15, 0.2) is 0 Å². The van der Waals surface area contributed by atoms with Crippen LogP contribution in [0.2, 0.25) is 0 Å². The first kappa shape index (κ1) is 16.2. The minimum Gasteiger partial charge on any atom is -0.481 e. The number of ether oxygens (including phenoxy) is 1. The van der Waals surface area contributed by atoms with Crippen LogP contribution >= 0.6 is 0 Å². The fourth-order valence-electron chi connectivity index (χ4n) is 3.21. The summed E-state index contributed by atoms with van der Waals surface area (Å²) in [5, 5.41) is 12.6. The summed E-state index contributed by atoms with van der Waals surface area (Å²) >= 11 is 0. The van der Waals surface area contributed by atoms with E-state index in [2.05, 4.69) is 5.32 Å². The quantitative estimate of drug-likeness (QED) is 0.787. The van der Waals surface area contributed by atoms with Crippen molar-refractivity contribution in [2.45, 2.75) is 51.1 Å². The maximum Gasteiger partial charge on any atom is 0.311 e. The van der Waals surface area contributed by atoms with E-state index in [0.717, 1.165) is 38.6 Å². The normalized spacial score (nSPS) is 29.9. The summed E-state index contributed by atoms with van der Waals surface area (Å²) in [4.78, 5) is 25.9. The van der Waals surface area contributed by atoms with Gasteiger partial charge in [0, 0.05) is 6.54 Å². The third-order valence-corrected chi connectivity index (χ3v) is 4.37. The molecule has 120 valence electrons. The van der Waals surface area contributed by atoms with Gasteiger partial charge in [-0.3, -0.25) is 9.59 Å². The summed E-state index contributed by atoms with van der Waals surface area (Å²) in [6, 6.07) is -0.505. The molecule has 0 saturated carbocycles. The van der Waals surface area contributed by atoms with Crippen LogP contribution in [0.5, 0.6) is 0 Å². The Balaban J connectivity index is 2.09. The van der Waals surface area contributed by atoms with E-state index in [0.29, 0.717) is 13.2 Å². The molecule has 2 aliphatic heterocycles. The molecule has 2 heterocycles. The monoisotopic (exact) mass is 298 g/mol. The van der Waals surface area contributed by atoms with Crippen LogP contribution in [-0.4, -0.2) is 60.3 Å². The minimum absolute atomic E-state index is 0.0421. The van der Waals surface area contributed by atoms with Crippen LogP contribution in [0.1, 0.15) is 39.0 Å². The van der Waals surface area contributed by atoms with Gasteiger partial charge in [-0.05, 0) is 25.8 Å². The lowest BCUT2D eigenvalue weighted by Gasteiger charge is -2.33. The van der Waals surface area contributed by atoms with Crippen molar-refractivity contribution in [3.05, 3.63) is 0 Å². The molecule has 2 aliphatic rings. The predicted molar refractivity (Wildman–Crippen MR) is 78.0 cm³/mol. The molecule has 3 atom stereocenters. The van der Waals surface area contributed by atoms with Gasteiger partial charge >= 0.3 is 5.97 Å². The van der Waals surface area contributed by atoms with E-state index in [1.807, 2.05) is 6.92 Å². The number of rotatable bonds is 5. The SMILES string of the molecule is CCCN(C(=O)C1CCCCCN1)C1COCC1C(=O)O. The lowest BCUT2D eigenvalue weighted by molar-refractivity contribution is -0.145. The van der Waals surface area contributed by atoms with Crippen molar-refractivity contribution in [3.63, 3.8) is 0 Å². The number of nitrogens with one attached hydrogen (secondary N) is 1. The van der Waals surface area contributed by atoms with Crippen molar-refractivity contribution in [2.24, 2.45) is 5.92 Å². The summed E-state index contributed by atoms with van der Waals surface area (Å²) in [6.45, 7) is 3.99. The van der Waals surface area contributed by atoms with Crippen molar-refractivity contribution in [1.29, 1.82) is 0 Å². The van der Waals surface area contributed by atoms with Crippen molar-refractivity contribution < 1.29 is 19.4 Å². The third kappa shape index (κ3) is 3.95. The molecule has 2 rings (SSSR count). The number of carboxylic acids is 1. The summed E-state index contributed by atoms with van der Waals surface area (Å²) in [6.07, 6.45) is 4.95. The molecule has 0 spiro atoms. The van der Waals surface area contributed by atoms with Crippen molar-refractivity contribution in [1.82, 2.24) is 10.2 Å². The van der Waals surface area contributed by atoms with Crippen LogP contribution in [0.25, 0.3) is 0 Å². The zero-order valence-corrected chi connectivity index (χ0v) is 12.7. The fraction of sp³-hybridized carbons (Fsp3) is 0.867. The maximum absolute atomic E-state index is 12.8. The number of carbonyl (C=O) groups excluding carboxylic acids is 1. The van der Waals surface area contributed by atoms with Gasteiger partial charge in [0.05, 0.1) is 25.3 Å². The van der Waals surface area contributed by atoms with Gasteiger partial charge in [-0.1, -0.05) is 19.8 Å². The van der Waals surface area contributed by atoms with E-state index in [1.165, 1.54) is 0 Å². The summed E-state index contributed by atoms with van der Waals surface area (Å²) in [5.41, 5.74) is 0. The van der Waals surface area contributed by atoms with Gasteiger partial charge < -0.3 is 20.1 Å². The molecule has 1 amide bonds. The second-order valence-corrected chi connectivity index (χ2v) is 5.94. The molecule has 6 nitrogen and oxygen atoms in total. The molecule has 3 unspecified atom stereocenters. The summed E-state index contributed by atoms with van der Waals surface area (Å²) < 4.78 is 5.33. The topological polar surface area (TPSA) is 78.9 Å².